The van der Waals surface area contributed by atoms with Gasteiger partial charge in [0, 0.05) is 157 Å². The summed E-state index contributed by atoms with van der Waals surface area (Å²) in [6, 6.07) is 142. The first-order valence-electron chi connectivity index (χ1n) is 49.3. The van der Waals surface area contributed by atoms with Crippen LogP contribution in [-0.4, -0.2) is 72.2 Å². The van der Waals surface area contributed by atoms with Crippen molar-refractivity contribution in [3.8, 4) is 90.1 Å². The average Bonchev–Trinajstić information content (AvgIpc) is 1.61. The van der Waals surface area contributed by atoms with Gasteiger partial charge in [-0.1, -0.05) is 280 Å². The van der Waals surface area contributed by atoms with Gasteiger partial charge in [-0.3, -0.25) is 0 Å². The molecule has 4 radical (unpaired) electrons. The third kappa shape index (κ3) is 28.6. The van der Waals surface area contributed by atoms with Crippen molar-refractivity contribution < 1.29 is 80.4 Å². The minimum absolute atomic E-state index is 0. The van der Waals surface area contributed by atoms with Crippen LogP contribution in [0.4, 0.5) is 0 Å². The van der Waals surface area contributed by atoms with Crippen molar-refractivity contribution in [2.75, 3.05) is 0 Å². The quantitative estimate of drug-likeness (QED) is 0.0831. The molecule has 150 heavy (non-hydrogen) atoms. The Labute approximate surface area is 958 Å². The number of nitrogens with zero attached hydrogens (tertiary/aromatic N) is 8. The number of aromatic nitrogens is 8. The summed E-state index contributed by atoms with van der Waals surface area (Å²) in [7, 11) is -5.57. The molecule has 0 fully saturated rings. The molecule has 0 unspecified atom stereocenters. The Kier molecular flexibility index (Phi) is 40.7. The summed E-state index contributed by atoms with van der Waals surface area (Å²) in [5.41, 5.74) is 21.6. The smallest absolute Gasteiger partial charge is 0.0794 e. The van der Waals surface area contributed by atoms with E-state index in [1.165, 1.54) is 113 Å². The first-order chi connectivity index (χ1) is 70.6. The van der Waals surface area contributed by atoms with Gasteiger partial charge in [0.1, 0.15) is 0 Å². The first-order valence-corrected chi connectivity index (χ1v) is 66.6. The summed E-state index contributed by atoms with van der Waals surface area (Å²) in [5, 5.41) is 17.1. The number of pyridine rings is 8. The third-order valence-electron chi connectivity index (χ3n) is 24.9. The predicted molar refractivity (Wildman–Crippen MR) is 640 cm³/mol. The van der Waals surface area contributed by atoms with Crippen molar-refractivity contribution in [2.45, 2.75) is 119 Å². The molecule has 0 aliphatic carbocycles. The largest absolute Gasteiger partial charge is 0.305 e. The number of rotatable bonds is 13. The van der Waals surface area contributed by atoms with Crippen molar-refractivity contribution in [3.63, 3.8) is 0 Å². The molecule has 24 rings (SSSR count). The molecule has 12 aromatic heterocycles. The summed E-state index contributed by atoms with van der Waals surface area (Å²) in [4.78, 5) is 35.3. The van der Waals surface area contributed by atoms with Crippen LogP contribution in [0.15, 0.2) is 389 Å². The SMILES string of the molecule is CC(C)c1ccnc(-c2[c-]ccc3c2sc2c([Si](C)(C)C)cccc23)c1.Cc1ccnc(-c2[c-]cc([Si](C)(C)C)c3c2sc2ccccc23)c1.Cc1ccnc(-c2[c-]ccc3c2sc2ccc([Si](C)(C)C)cc23)c1.Cc1ccnc(-c2[c-]ccc3c2sc2cccc([Si](C)(C)C)c23)c1.[Ir].[Ir].[Ir].[Ir].[c-]1ccccc1-c1ccccn1.[c-]1ccccc1-c1ccccn1.[c-]1ccccc1-c1ccccn1.[c-]1ccccc1-c1ccccn1. The number of hydrogen-bond acceptors (Lipinski definition) is 12. The Morgan fingerprint density at radius 3 is 0.993 bits per heavy atom. The second-order valence-electron chi connectivity index (χ2n) is 40.3. The van der Waals surface area contributed by atoms with E-state index in [1.807, 2.05) is 264 Å². The zero-order valence-corrected chi connectivity index (χ0v) is 104. The Bertz CT molecular complexity index is 8090. The van der Waals surface area contributed by atoms with Crippen LogP contribution in [0.5, 0.6) is 0 Å². The van der Waals surface area contributed by atoms with Gasteiger partial charge >= 0.3 is 0 Å². The van der Waals surface area contributed by atoms with Crippen molar-refractivity contribution in [3.05, 3.63) is 460 Å². The summed E-state index contributed by atoms with van der Waals surface area (Å²) in [6.07, 6.45) is 14.7. The van der Waals surface area contributed by atoms with Gasteiger partial charge in [0.05, 0.1) is 24.2 Å². The molecule has 0 N–H and O–H groups in total. The van der Waals surface area contributed by atoms with E-state index in [0.29, 0.717) is 5.92 Å². The van der Waals surface area contributed by atoms with Crippen molar-refractivity contribution >= 4 is 179 Å². The van der Waals surface area contributed by atoms with Crippen LogP contribution in [0.1, 0.15) is 42.0 Å². The monoisotopic (exact) mass is 2800 g/mol. The summed E-state index contributed by atoms with van der Waals surface area (Å²) in [5.74, 6) is 0.497. The van der Waals surface area contributed by atoms with Gasteiger partial charge in [0.15, 0.2) is 0 Å². The van der Waals surface area contributed by atoms with E-state index in [0.717, 1.165) is 90.1 Å². The number of aryl methyl sites for hydroxylation is 3. The Balaban J connectivity index is 0.000000145. The number of fused-ring (bicyclic) bond motifs is 12. The number of thiophene rings is 4. The molecule has 24 aromatic rings. The summed E-state index contributed by atoms with van der Waals surface area (Å²) in [6.45, 7) is 39.7. The van der Waals surface area contributed by atoms with Gasteiger partial charge in [-0.2, -0.15) is 45.3 Å². The van der Waals surface area contributed by atoms with E-state index in [9.17, 15) is 0 Å². The van der Waals surface area contributed by atoms with Gasteiger partial charge in [0.25, 0.3) is 0 Å². The van der Waals surface area contributed by atoms with E-state index in [4.69, 9.17) is 0 Å². The molecule has 8 nitrogen and oxygen atoms in total. The van der Waals surface area contributed by atoms with Crippen LogP contribution in [0.2, 0.25) is 78.6 Å². The molecule has 760 valence electrons. The first kappa shape index (κ1) is 115. The van der Waals surface area contributed by atoms with E-state index < -0.39 is 32.3 Å². The third-order valence-corrected chi connectivity index (χ3v) is 38.1. The van der Waals surface area contributed by atoms with E-state index in [-0.39, 0.29) is 80.4 Å². The molecular weight excluding hydrogens is 2680 g/mol. The molecule has 0 bridgehead atoms. The maximum Gasteiger partial charge on any atom is 0.0794 e. The van der Waals surface area contributed by atoms with Crippen LogP contribution in [0, 0.1) is 69.3 Å². The van der Waals surface area contributed by atoms with Crippen molar-refractivity contribution in [2.24, 2.45) is 0 Å². The van der Waals surface area contributed by atoms with Crippen molar-refractivity contribution in [1.29, 1.82) is 0 Å². The number of benzene rings is 12. The molecule has 0 aliphatic rings. The topological polar surface area (TPSA) is 103 Å². The van der Waals surface area contributed by atoms with Gasteiger partial charge in [-0.15, -0.1) is 238 Å². The number of hydrogen-bond donors (Lipinski definition) is 0. The molecule has 0 aliphatic heterocycles. The standard InChI is InChI=1S/C23H24NSSi.3C21H20NSSi.4C11H8N.4Ir/c1-15(2)16-12-13-24-20(14-16)19-10-6-8-17-18-9-7-11-21(26(3,4)5)23(18)25-22(17)19;1-14-11-12-22-17(13-14)15-7-5-8-16-20-18(23-21(15)16)9-6-10-19(20)24(2,3)4;1-14-10-11-22-19(12-14)17-7-5-6-16-18-13-15(24(2,3)4)8-9-20(18)23-21(16)17;1-14-11-12-22-17(13-14)15-9-10-19(24(2,3)4)20-16-7-5-6-8-18(16)23-21(15)20;4*1-2-6-10(7-3-1)11-8-4-5-9-12-11;;;;/h6-9,11-15H,1-5H3;2*5-6,8-13H,1-4H3;5-8,10-13H,1-4H3;4*1-6,8-9H;;;;/q8*-1;;;;. The predicted octanol–water partition coefficient (Wildman–Crippen LogP) is 34.1. The molecule has 12 heterocycles. The van der Waals surface area contributed by atoms with Crippen LogP contribution in [0.25, 0.3) is 171 Å². The van der Waals surface area contributed by atoms with Crippen LogP contribution < -0.4 is 20.7 Å². The fraction of sp³-hybridized carbons (Fsp3) is 0.138. The summed E-state index contributed by atoms with van der Waals surface area (Å²) < 4.78 is 10.7. The molecular formula is C130H116Ir4N8S4Si4-8. The fourth-order valence-electron chi connectivity index (χ4n) is 17.4. The average molecular weight is 2800 g/mol. The van der Waals surface area contributed by atoms with E-state index in [1.54, 1.807) is 35.2 Å². The van der Waals surface area contributed by atoms with Crippen LogP contribution in [0.3, 0.4) is 0 Å². The van der Waals surface area contributed by atoms with Gasteiger partial charge in [-0.05, 0) is 185 Å². The van der Waals surface area contributed by atoms with Crippen molar-refractivity contribution in [1.82, 2.24) is 39.9 Å². The van der Waals surface area contributed by atoms with Crippen LogP contribution in [-0.2, 0) is 80.4 Å². The zero-order valence-electron chi connectivity index (χ0n) is 87.1. The second-order valence-corrected chi connectivity index (χ2v) is 64.7. The molecule has 0 amide bonds. The molecule has 0 spiro atoms. The second kappa shape index (κ2) is 53.0. The molecule has 0 saturated carbocycles. The minimum Gasteiger partial charge on any atom is -0.305 e. The maximum absolute atomic E-state index is 4.67. The molecule has 0 saturated heterocycles. The normalized spacial score (nSPS) is 11.1. The minimum atomic E-state index is -1.46. The summed E-state index contributed by atoms with van der Waals surface area (Å²) >= 11 is 7.51. The zero-order chi connectivity index (χ0) is 102. The van der Waals surface area contributed by atoms with E-state index in [2.05, 4.69) is 347 Å². The molecule has 12 aromatic carbocycles. The molecule has 0 atom stereocenters. The molecule has 20 heteroatoms. The fourth-order valence-corrected chi connectivity index (χ4v) is 29.2. The Morgan fingerprint density at radius 2 is 0.573 bits per heavy atom. The Hall–Kier alpha value is -11.8. The maximum atomic E-state index is 4.67. The van der Waals surface area contributed by atoms with Gasteiger partial charge in [0.2, 0.25) is 0 Å². The van der Waals surface area contributed by atoms with E-state index >= 15 is 0 Å². The van der Waals surface area contributed by atoms with Gasteiger partial charge in [-0.25, -0.2) is 0 Å². The van der Waals surface area contributed by atoms with Gasteiger partial charge < -0.3 is 39.9 Å². The van der Waals surface area contributed by atoms with Crippen LogP contribution >= 0.6 is 45.3 Å². The Morgan fingerprint density at radius 1 is 0.227 bits per heavy atom.